The number of benzene rings is 1. The van der Waals surface area contributed by atoms with Crippen molar-refractivity contribution in [1.82, 2.24) is 15.6 Å². The molecule has 9 heteroatoms. The Kier molecular flexibility index (Phi) is 6.41. The van der Waals surface area contributed by atoms with Crippen LogP contribution in [-0.2, 0) is 27.3 Å². The Balaban J connectivity index is 1.48. The Labute approximate surface area is 165 Å². The van der Waals surface area contributed by atoms with Crippen LogP contribution >= 0.6 is 22.9 Å². The van der Waals surface area contributed by atoms with Crippen LogP contribution < -0.4 is 16.0 Å². The van der Waals surface area contributed by atoms with E-state index >= 15 is 0 Å². The average Bonchev–Trinajstić information content (AvgIpc) is 3.08. The molecular formula is C18H19ClN4O3S. The van der Waals surface area contributed by atoms with Gasteiger partial charge < -0.3 is 16.0 Å². The molecule has 3 amide bonds. The highest BCUT2D eigenvalue weighted by molar-refractivity contribution is 7.13. The molecule has 27 heavy (non-hydrogen) atoms. The third-order valence-corrected chi connectivity index (χ3v) is 5.19. The molecule has 1 aliphatic rings. The normalized spacial score (nSPS) is 16.5. The highest BCUT2D eigenvalue weighted by Gasteiger charge is 2.29. The first-order valence-electron chi connectivity index (χ1n) is 8.55. The number of hydrogen-bond acceptors (Lipinski definition) is 5. The van der Waals surface area contributed by atoms with Crippen LogP contribution in [0.15, 0.2) is 29.6 Å². The summed E-state index contributed by atoms with van der Waals surface area (Å²) in [5.74, 6) is -1.47. The Morgan fingerprint density at radius 3 is 2.81 bits per heavy atom. The Hall–Kier alpha value is -2.45. The third kappa shape index (κ3) is 5.51. The SMILES string of the molecule is O=C(Cc1csc(NC(=O)C2CCCNC2=O)n1)NCc1ccc(Cl)cc1. The number of nitrogens with one attached hydrogen (secondary N) is 3. The zero-order valence-corrected chi connectivity index (χ0v) is 16.0. The Bertz CT molecular complexity index is 837. The molecule has 3 rings (SSSR count). The van der Waals surface area contributed by atoms with Crippen LogP contribution in [0, 0.1) is 5.92 Å². The van der Waals surface area contributed by atoms with Gasteiger partial charge in [0.15, 0.2) is 5.13 Å². The van der Waals surface area contributed by atoms with Gasteiger partial charge in [-0.05, 0) is 30.5 Å². The van der Waals surface area contributed by atoms with Gasteiger partial charge >= 0.3 is 0 Å². The van der Waals surface area contributed by atoms with E-state index in [2.05, 4.69) is 20.9 Å². The standard InChI is InChI=1S/C18H19ClN4O3S/c19-12-5-3-11(4-6-12)9-21-15(24)8-13-10-27-18(22-13)23-17(26)14-2-1-7-20-16(14)25/h3-6,10,14H,1-2,7-9H2,(H,20,25)(H,21,24)(H,22,23,26). The molecule has 0 aliphatic carbocycles. The average molecular weight is 407 g/mol. The lowest BCUT2D eigenvalue weighted by atomic mass is 9.98. The van der Waals surface area contributed by atoms with Gasteiger partial charge in [-0.15, -0.1) is 11.3 Å². The topological polar surface area (TPSA) is 100 Å². The van der Waals surface area contributed by atoms with E-state index in [-0.39, 0.29) is 24.1 Å². The van der Waals surface area contributed by atoms with Crippen LogP contribution in [0.3, 0.4) is 0 Å². The second-order valence-corrected chi connectivity index (χ2v) is 7.49. The summed E-state index contributed by atoms with van der Waals surface area (Å²) >= 11 is 7.06. The smallest absolute Gasteiger partial charge is 0.238 e. The molecule has 2 aromatic rings. The van der Waals surface area contributed by atoms with Gasteiger partial charge in [0.1, 0.15) is 5.92 Å². The molecule has 0 spiro atoms. The molecule has 1 atom stereocenters. The predicted molar refractivity (Wildman–Crippen MR) is 103 cm³/mol. The number of anilines is 1. The quantitative estimate of drug-likeness (QED) is 0.639. The summed E-state index contributed by atoms with van der Waals surface area (Å²) in [6.45, 7) is 1.01. The van der Waals surface area contributed by atoms with Gasteiger partial charge in [0, 0.05) is 23.5 Å². The molecule has 142 valence electrons. The number of carbonyl (C=O) groups is 3. The van der Waals surface area contributed by atoms with E-state index in [0.717, 1.165) is 12.0 Å². The van der Waals surface area contributed by atoms with E-state index in [1.165, 1.54) is 11.3 Å². The predicted octanol–water partition coefficient (Wildman–Crippen LogP) is 2.12. The molecule has 2 heterocycles. The van der Waals surface area contributed by atoms with Crippen LogP contribution in [-0.4, -0.2) is 29.3 Å². The first kappa shape index (κ1) is 19.3. The molecule has 1 saturated heterocycles. The first-order valence-corrected chi connectivity index (χ1v) is 9.81. The lowest BCUT2D eigenvalue weighted by Crippen LogP contribution is -2.42. The minimum absolute atomic E-state index is 0.115. The monoisotopic (exact) mass is 406 g/mol. The van der Waals surface area contributed by atoms with Crippen LogP contribution in [0.2, 0.25) is 5.02 Å². The number of thiazole rings is 1. The molecular weight excluding hydrogens is 388 g/mol. The number of rotatable bonds is 6. The number of carbonyl (C=O) groups excluding carboxylic acids is 3. The molecule has 1 aromatic heterocycles. The van der Waals surface area contributed by atoms with E-state index in [9.17, 15) is 14.4 Å². The maximum atomic E-state index is 12.2. The first-order chi connectivity index (χ1) is 13.0. The van der Waals surface area contributed by atoms with Crippen LogP contribution in [0.5, 0.6) is 0 Å². The van der Waals surface area contributed by atoms with Crippen molar-refractivity contribution in [3.05, 3.63) is 45.9 Å². The van der Waals surface area contributed by atoms with Gasteiger partial charge in [0.05, 0.1) is 12.1 Å². The lowest BCUT2D eigenvalue weighted by Gasteiger charge is -2.20. The van der Waals surface area contributed by atoms with Gasteiger partial charge in [0.2, 0.25) is 17.7 Å². The van der Waals surface area contributed by atoms with E-state index < -0.39 is 5.92 Å². The number of nitrogens with zero attached hydrogens (tertiary/aromatic N) is 1. The maximum Gasteiger partial charge on any atom is 0.238 e. The van der Waals surface area contributed by atoms with Gasteiger partial charge in [-0.25, -0.2) is 4.98 Å². The van der Waals surface area contributed by atoms with Crippen molar-refractivity contribution >= 4 is 45.8 Å². The molecule has 1 unspecified atom stereocenters. The largest absolute Gasteiger partial charge is 0.355 e. The molecule has 1 aliphatic heterocycles. The molecule has 3 N–H and O–H groups in total. The third-order valence-electron chi connectivity index (χ3n) is 4.13. The molecule has 0 bridgehead atoms. The summed E-state index contributed by atoms with van der Waals surface area (Å²) in [6.07, 6.45) is 1.42. The highest BCUT2D eigenvalue weighted by atomic mass is 35.5. The van der Waals surface area contributed by atoms with Gasteiger partial charge in [-0.1, -0.05) is 23.7 Å². The lowest BCUT2D eigenvalue weighted by molar-refractivity contribution is -0.134. The van der Waals surface area contributed by atoms with Crippen molar-refractivity contribution in [2.45, 2.75) is 25.8 Å². The summed E-state index contributed by atoms with van der Waals surface area (Å²) in [5, 5.41) is 10.9. The van der Waals surface area contributed by atoms with Crippen molar-refractivity contribution in [2.75, 3.05) is 11.9 Å². The summed E-state index contributed by atoms with van der Waals surface area (Å²) in [7, 11) is 0. The highest BCUT2D eigenvalue weighted by Crippen LogP contribution is 2.19. The minimum atomic E-state index is -0.686. The maximum absolute atomic E-state index is 12.2. The molecule has 1 fully saturated rings. The van der Waals surface area contributed by atoms with Crippen LogP contribution in [0.4, 0.5) is 5.13 Å². The zero-order valence-electron chi connectivity index (χ0n) is 14.5. The second kappa shape index (κ2) is 8.96. The van der Waals surface area contributed by atoms with Gasteiger partial charge in [0.25, 0.3) is 0 Å². The number of piperidine rings is 1. The van der Waals surface area contributed by atoms with Crippen molar-refractivity contribution in [2.24, 2.45) is 5.92 Å². The van der Waals surface area contributed by atoms with Crippen LogP contribution in [0.25, 0.3) is 0 Å². The zero-order chi connectivity index (χ0) is 19.2. The summed E-state index contributed by atoms with van der Waals surface area (Å²) in [6, 6.07) is 7.23. The van der Waals surface area contributed by atoms with Gasteiger partial charge in [-0.2, -0.15) is 0 Å². The van der Waals surface area contributed by atoms with Crippen molar-refractivity contribution in [3.8, 4) is 0 Å². The van der Waals surface area contributed by atoms with Crippen LogP contribution in [0.1, 0.15) is 24.1 Å². The van der Waals surface area contributed by atoms with Crippen molar-refractivity contribution in [1.29, 1.82) is 0 Å². The Morgan fingerprint density at radius 2 is 2.07 bits per heavy atom. The van der Waals surface area contributed by atoms with E-state index in [1.54, 1.807) is 17.5 Å². The van der Waals surface area contributed by atoms with E-state index in [4.69, 9.17) is 11.6 Å². The minimum Gasteiger partial charge on any atom is -0.355 e. The van der Waals surface area contributed by atoms with Gasteiger partial charge in [-0.3, -0.25) is 14.4 Å². The molecule has 0 saturated carbocycles. The fourth-order valence-corrected chi connectivity index (χ4v) is 3.53. The number of hydrogen-bond donors (Lipinski definition) is 3. The van der Waals surface area contributed by atoms with Crippen molar-refractivity contribution < 1.29 is 14.4 Å². The summed E-state index contributed by atoms with van der Waals surface area (Å²) in [4.78, 5) is 40.2. The van der Waals surface area contributed by atoms with E-state index in [1.807, 2.05) is 12.1 Å². The van der Waals surface area contributed by atoms with E-state index in [0.29, 0.717) is 35.4 Å². The Morgan fingerprint density at radius 1 is 1.30 bits per heavy atom. The fraction of sp³-hybridized carbons (Fsp3) is 0.333. The number of aromatic nitrogens is 1. The second-order valence-electron chi connectivity index (χ2n) is 6.20. The fourth-order valence-electron chi connectivity index (χ4n) is 2.69. The number of halogens is 1. The van der Waals surface area contributed by atoms with Crippen molar-refractivity contribution in [3.63, 3.8) is 0 Å². The summed E-state index contributed by atoms with van der Waals surface area (Å²) in [5.41, 5.74) is 1.52. The summed E-state index contributed by atoms with van der Waals surface area (Å²) < 4.78 is 0. The molecule has 0 radical (unpaired) electrons. The molecule has 7 nitrogen and oxygen atoms in total. The number of amides is 3. The molecule has 1 aromatic carbocycles.